The predicted molar refractivity (Wildman–Crippen MR) is 39.0 cm³/mol. The summed E-state index contributed by atoms with van der Waals surface area (Å²) in [7, 11) is 1.31. The van der Waals surface area contributed by atoms with Gasteiger partial charge in [0.2, 0.25) is 0 Å². The molecule has 0 unspecified atom stereocenters. The molecule has 0 atom stereocenters. The number of rotatable bonds is 5. The Balaban J connectivity index is 2.53. The van der Waals surface area contributed by atoms with Gasteiger partial charge in [-0.15, -0.1) is 0 Å². The summed E-state index contributed by atoms with van der Waals surface area (Å²) in [5.74, 6) is 0. The molecule has 0 rings (SSSR count). The molecule has 0 aliphatic rings. The van der Waals surface area contributed by atoms with Gasteiger partial charge < -0.3 is 4.84 Å². The largest absolute Gasteiger partial charge is 0.302 e. The van der Waals surface area contributed by atoms with E-state index in [1.54, 1.807) is 0 Å². The lowest BCUT2D eigenvalue weighted by molar-refractivity contribution is 0.0513. The van der Waals surface area contributed by atoms with Crippen LogP contribution < -0.4 is 5.48 Å². The summed E-state index contributed by atoms with van der Waals surface area (Å²) in [6.45, 7) is 3.76. The van der Waals surface area contributed by atoms with E-state index in [0.717, 1.165) is 13.2 Å². The zero-order chi connectivity index (χ0) is 6.24. The monoisotopic (exact) mass is 133 g/mol. The zero-order valence-electron chi connectivity index (χ0n) is 5.74. The highest BCUT2D eigenvalue weighted by Crippen LogP contribution is 1.79. The molecule has 0 spiro atoms. The highest BCUT2D eigenvalue weighted by molar-refractivity contribution is 6.08. The first-order valence-electron chi connectivity index (χ1n) is 3.26. The summed E-state index contributed by atoms with van der Waals surface area (Å²) in [5.41, 5.74) is 2.86. The van der Waals surface area contributed by atoms with E-state index in [1.807, 2.05) is 6.92 Å². The molecule has 1 N–H and O–H groups in total. The SMILES string of the molecule is CCONCCC[SiH3]. The van der Waals surface area contributed by atoms with Gasteiger partial charge in [-0.3, -0.25) is 0 Å². The van der Waals surface area contributed by atoms with E-state index in [2.05, 4.69) is 5.48 Å². The van der Waals surface area contributed by atoms with Gasteiger partial charge in [0.15, 0.2) is 0 Å². The maximum atomic E-state index is 4.90. The Hall–Kier alpha value is 0.137. The summed E-state index contributed by atoms with van der Waals surface area (Å²) in [4.78, 5) is 4.90. The van der Waals surface area contributed by atoms with E-state index in [1.165, 1.54) is 22.7 Å². The van der Waals surface area contributed by atoms with Crippen LogP contribution in [0.5, 0.6) is 0 Å². The Kier molecular flexibility index (Phi) is 7.26. The van der Waals surface area contributed by atoms with Crippen molar-refractivity contribution in [1.29, 1.82) is 0 Å². The van der Waals surface area contributed by atoms with E-state index in [-0.39, 0.29) is 0 Å². The van der Waals surface area contributed by atoms with Crippen LogP contribution in [0.4, 0.5) is 0 Å². The first-order valence-corrected chi connectivity index (χ1v) is 4.67. The van der Waals surface area contributed by atoms with E-state index in [9.17, 15) is 0 Å². The van der Waals surface area contributed by atoms with Gasteiger partial charge in [-0.05, 0) is 13.3 Å². The fourth-order valence-electron chi connectivity index (χ4n) is 0.423. The van der Waals surface area contributed by atoms with Gasteiger partial charge in [0.25, 0.3) is 0 Å². The second-order valence-electron chi connectivity index (χ2n) is 1.68. The lowest BCUT2D eigenvalue weighted by Crippen LogP contribution is -2.15. The molecule has 0 radical (unpaired) electrons. The second kappa shape index (κ2) is 7.14. The van der Waals surface area contributed by atoms with Crippen LogP contribution in [0.25, 0.3) is 0 Å². The van der Waals surface area contributed by atoms with Gasteiger partial charge in [0.05, 0.1) is 6.61 Å². The summed E-state index contributed by atoms with van der Waals surface area (Å²) < 4.78 is 0. The average Bonchev–Trinajstić information content (AvgIpc) is 1.81. The number of hydrogen-bond donors (Lipinski definition) is 1. The molecule has 8 heavy (non-hydrogen) atoms. The molecule has 2 nitrogen and oxygen atoms in total. The van der Waals surface area contributed by atoms with E-state index < -0.39 is 0 Å². The number of hydrogen-bond acceptors (Lipinski definition) is 2. The molecule has 50 valence electrons. The molecular formula is C5H15NOSi. The minimum Gasteiger partial charge on any atom is -0.302 e. The lowest BCUT2D eigenvalue weighted by atomic mass is 10.5. The summed E-state index contributed by atoms with van der Waals surface area (Å²) in [6.07, 6.45) is 1.26. The van der Waals surface area contributed by atoms with Crippen LogP contribution in [0.1, 0.15) is 13.3 Å². The van der Waals surface area contributed by atoms with Crippen molar-refractivity contribution in [3.05, 3.63) is 0 Å². The Morgan fingerprint density at radius 2 is 2.38 bits per heavy atom. The minimum atomic E-state index is 0.765. The molecule has 0 aromatic rings. The molecule has 0 bridgehead atoms. The number of nitrogens with one attached hydrogen (secondary N) is 1. The quantitative estimate of drug-likeness (QED) is 0.316. The first kappa shape index (κ1) is 8.14. The van der Waals surface area contributed by atoms with Gasteiger partial charge in [-0.25, -0.2) is 5.48 Å². The van der Waals surface area contributed by atoms with Crippen LogP contribution in [0.3, 0.4) is 0 Å². The Labute approximate surface area is 54.0 Å². The van der Waals surface area contributed by atoms with Crippen molar-refractivity contribution in [2.24, 2.45) is 0 Å². The third kappa shape index (κ3) is 6.14. The molecule has 0 aliphatic heterocycles. The van der Waals surface area contributed by atoms with Crippen molar-refractivity contribution in [2.75, 3.05) is 13.2 Å². The Bertz CT molecular complexity index is 37.4. The summed E-state index contributed by atoms with van der Waals surface area (Å²) >= 11 is 0. The maximum Gasteiger partial charge on any atom is 0.0653 e. The fourth-order valence-corrected chi connectivity index (χ4v) is 0.777. The van der Waals surface area contributed by atoms with Crippen LogP contribution in [-0.4, -0.2) is 23.4 Å². The van der Waals surface area contributed by atoms with Crippen molar-refractivity contribution in [3.8, 4) is 0 Å². The molecule has 0 heterocycles. The van der Waals surface area contributed by atoms with Crippen molar-refractivity contribution in [2.45, 2.75) is 19.4 Å². The second-order valence-corrected chi connectivity index (χ2v) is 2.68. The normalized spacial score (nSPS) is 10.1. The van der Waals surface area contributed by atoms with E-state index in [4.69, 9.17) is 4.84 Å². The molecule has 0 saturated carbocycles. The number of hydroxylamine groups is 1. The summed E-state index contributed by atoms with van der Waals surface area (Å²) in [5, 5.41) is 0. The third-order valence-corrected chi connectivity index (χ3v) is 1.59. The molecule has 0 amide bonds. The van der Waals surface area contributed by atoms with Crippen LogP contribution in [0.2, 0.25) is 6.04 Å². The van der Waals surface area contributed by atoms with Gasteiger partial charge in [0.1, 0.15) is 0 Å². The average molecular weight is 133 g/mol. The van der Waals surface area contributed by atoms with Crippen molar-refractivity contribution in [3.63, 3.8) is 0 Å². The first-order chi connectivity index (χ1) is 3.91. The minimum absolute atomic E-state index is 0.765. The molecule has 3 heteroatoms. The van der Waals surface area contributed by atoms with Crippen LogP contribution in [0, 0.1) is 0 Å². The van der Waals surface area contributed by atoms with Gasteiger partial charge in [-0.2, -0.15) is 0 Å². The van der Waals surface area contributed by atoms with Crippen molar-refractivity contribution in [1.82, 2.24) is 5.48 Å². The Morgan fingerprint density at radius 1 is 1.62 bits per heavy atom. The molecular weight excluding hydrogens is 118 g/mol. The van der Waals surface area contributed by atoms with Gasteiger partial charge in [-0.1, -0.05) is 6.04 Å². The predicted octanol–water partition coefficient (Wildman–Crippen LogP) is -0.299. The molecule has 0 saturated heterocycles. The van der Waals surface area contributed by atoms with Gasteiger partial charge in [0, 0.05) is 16.8 Å². The fraction of sp³-hybridized carbons (Fsp3) is 1.00. The summed E-state index contributed by atoms with van der Waals surface area (Å²) in [6, 6.07) is 1.36. The molecule has 0 aliphatic carbocycles. The smallest absolute Gasteiger partial charge is 0.0653 e. The standard InChI is InChI=1S/C5H15NOSi/c1-2-7-6-4-3-5-8/h6H,2-5H2,1,8H3. The van der Waals surface area contributed by atoms with Crippen LogP contribution in [0.15, 0.2) is 0 Å². The topological polar surface area (TPSA) is 21.3 Å². The van der Waals surface area contributed by atoms with Crippen molar-refractivity contribution < 1.29 is 4.84 Å². The van der Waals surface area contributed by atoms with Crippen LogP contribution in [-0.2, 0) is 4.84 Å². The molecule has 0 fully saturated rings. The van der Waals surface area contributed by atoms with E-state index >= 15 is 0 Å². The lowest BCUT2D eigenvalue weighted by Gasteiger charge is -1.99. The highest BCUT2D eigenvalue weighted by Gasteiger charge is 1.80. The zero-order valence-corrected chi connectivity index (χ0v) is 7.74. The van der Waals surface area contributed by atoms with E-state index in [0.29, 0.717) is 0 Å². The Morgan fingerprint density at radius 3 is 2.88 bits per heavy atom. The third-order valence-electron chi connectivity index (χ3n) is 0.879. The maximum absolute atomic E-state index is 4.90. The highest BCUT2D eigenvalue weighted by atomic mass is 28.1. The van der Waals surface area contributed by atoms with Crippen molar-refractivity contribution >= 4 is 10.2 Å². The van der Waals surface area contributed by atoms with Crippen LogP contribution >= 0.6 is 0 Å². The molecule has 0 aromatic heterocycles. The molecule has 0 aromatic carbocycles. The van der Waals surface area contributed by atoms with Gasteiger partial charge >= 0.3 is 0 Å².